The maximum atomic E-state index is 11.9. The maximum absolute atomic E-state index is 11.9. The minimum absolute atomic E-state index is 0.0759. The number of amides is 1. The molecule has 1 N–H and O–H groups in total. The molecule has 148 valence electrons. The van der Waals surface area contributed by atoms with Crippen LogP contribution in [0.4, 0.5) is 0 Å². The van der Waals surface area contributed by atoms with Crippen LogP contribution in [-0.2, 0) is 16.0 Å². The summed E-state index contributed by atoms with van der Waals surface area (Å²) >= 11 is 0. The summed E-state index contributed by atoms with van der Waals surface area (Å²) in [6.45, 7) is 7.19. The molecule has 1 saturated heterocycles. The third-order valence-electron chi connectivity index (χ3n) is 5.18. The molecule has 0 spiro atoms. The number of aliphatic carboxylic acids is 1. The van der Waals surface area contributed by atoms with Gasteiger partial charge in [-0.25, -0.2) is 0 Å². The fourth-order valence-corrected chi connectivity index (χ4v) is 3.48. The van der Waals surface area contributed by atoms with Gasteiger partial charge in [0.1, 0.15) is 11.5 Å². The van der Waals surface area contributed by atoms with E-state index < -0.39 is 11.9 Å². The molecule has 3 rings (SSSR count). The maximum Gasteiger partial charge on any atom is 0.308 e. The van der Waals surface area contributed by atoms with Crippen LogP contribution in [0.15, 0.2) is 42.5 Å². The van der Waals surface area contributed by atoms with Gasteiger partial charge in [-0.2, -0.15) is 0 Å². The highest BCUT2D eigenvalue weighted by Gasteiger charge is 2.33. The monoisotopic (exact) mass is 381 g/mol. The minimum atomic E-state index is -0.894. The lowest BCUT2D eigenvalue weighted by Crippen LogP contribution is -2.28. The zero-order chi connectivity index (χ0) is 20.3. The van der Waals surface area contributed by atoms with E-state index in [2.05, 4.69) is 39.0 Å². The van der Waals surface area contributed by atoms with E-state index in [9.17, 15) is 9.59 Å². The molecule has 0 bridgehead atoms. The van der Waals surface area contributed by atoms with E-state index in [1.54, 1.807) is 4.90 Å². The SMILES string of the molecule is Cc1ccc(C(C)C)c(Oc2ccc(CCN3CC(C(=O)O)CC3=O)cc2)c1. The van der Waals surface area contributed by atoms with Gasteiger partial charge in [0.25, 0.3) is 0 Å². The number of hydrogen-bond acceptors (Lipinski definition) is 3. The number of carboxylic acid groups (broad SMARTS) is 1. The van der Waals surface area contributed by atoms with E-state index in [1.165, 1.54) is 5.56 Å². The summed E-state index contributed by atoms with van der Waals surface area (Å²) in [5.41, 5.74) is 3.42. The lowest BCUT2D eigenvalue weighted by molar-refractivity contribution is -0.141. The second-order valence-corrected chi connectivity index (χ2v) is 7.77. The number of carbonyl (C=O) groups excluding carboxylic acids is 1. The number of benzene rings is 2. The fourth-order valence-electron chi connectivity index (χ4n) is 3.48. The van der Waals surface area contributed by atoms with E-state index in [0.717, 1.165) is 22.6 Å². The molecule has 0 aromatic heterocycles. The number of rotatable bonds is 7. The Hall–Kier alpha value is -2.82. The van der Waals surface area contributed by atoms with Gasteiger partial charge in [0, 0.05) is 19.5 Å². The molecule has 0 radical (unpaired) electrons. The summed E-state index contributed by atoms with van der Waals surface area (Å²) < 4.78 is 6.11. The number of likely N-dealkylation sites (tertiary alicyclic amines) is 1. The standard InChI is InChI=1S/C23H27NO4/c1-15(2)20-9-4-16(3)12-21(20)28-19-7-5-17(6-8-19)10-11-24-14-18(23(26)27)13-22(24)25/h4-9,12,15,18H,10-11,13-14H2,1-3H3,(H,26,27). The largest absolute Gasteiger partial charge is 0.481 e. The van der Waals surface area contributed by atoms with Gasteiger partial charge in [0.2, 0.25) is 5.91 Å². The minimum Gasteiger partial charge on any atom is -0.481 e. The predicted octanol–water partition coefficient (Wildman–Crippen LogP) is 4.39. The molecule has 28 heavy (non-hydrogen) atoms. The normalized spacial score (nSPS) is 16.6. The van der Waals surface area contributed by atoms with Crippen LogP contribution in [0.5, 0.6) is 11.5 Å². The Morgan fingerprint density at radius 1 is 1.21 bits per heavy atom. The van der Waals surface area contributed by atoms with Gasteiger partial charge in [0.05, 0.1) is 5.92 Å². The highest BCUT2D eigenvalue weighted by molar-refractivity contribution is 5.86. The summed E-state index contributed by atoms with van der Waals surface area (Å²) in [7, 11) is 0. The van der Waals surface area contributed by atoms with E-state index in [0.29, 0.717) is 25.4 Å². The lowest BCUT2D eigenvalue weighted by Gasteiger charge is -2.16. The van der Waals surface area contributed by atoms with Gasteiger partial charge in [-0.05, 0) is 54.2 Å². The lowest BCUT2D eigenvalue weighted by atomic mass is 10.0. The first-order valence-electron chi connectivity index (χ1n) is 9.71. The zero-order valence-corrected chi connectivity index (χ0v) is 16.6. The summed E-state index contributed by atoms with van der Waals surface area (Å²) in [5.74, 6) is 0.488. The zero-order valence-electron chi connectivity index (χ0n) is 16.6. The van der Waals surface area contributed by atoms with Crippen molar-refractivity contribution in [3.8, 4) is 11.5 Å². The summed E-state index contributed by atoms with van der Waals surface area (Å²) in [5, 5.41) is 9.06. The average Bonchev–Trinajstić information content (AvgIpc) is 3.02. The van der Waals surface area contributed by atoms with Gasteiger partial charge < -0.3 is 14.7 Å². The molecule has 0 aliphatic carbocycles. The van der Waals surface area contributed by atoms with E-state index in [4.69, 9.17) is 9.84 Å². The van der Waals surface area contributed by atoms with Crippen molar-refractivity contribution >= 4 is 11.9 Å². The van der Waals surface area contributed by atoms with E-state index >= 15 is 0 Å². The van der Waals surface area contributed by atoms with Crippen LogP contribution >= 0.6 is 0 Å². The molecule has 5 heteroatoms. The van der Waals surface area contributed by atoms with Crippen LogP contribution in [0.25, 0.3) is 0 Å². The van der Waals surface area contributed by atoms with Crippen molar-refractivity contribution in [2.24, 2.45) is 5.92 Å². The summed E-state index contributed by atoms with van der Waals surface area (Å²) in [4.78, 5) is 24.6. The predicted molar refractivity (Wildman–Crippen MR) is 108 cm³/mol. The summed E-state index contributed by atoms with van der Waals surface area (Å²) in [6, 6.07) is 14.1. The van der Waals surface area contributed by atoms with E-state index in [1.807, 2.05) is 24.3 Å². The van der Waals surface area contributed by atoms with Crippen molar-refractivity contribution in [1.29, 1.82) is 0 Å². The molecular formula is C23H27NO4. The molecule has 5 nitrogen and oxygen atoms in total. The van der Waals surface area contributed by atoms with Crippen LogP contribution in [-0.4, -0.2) is 35.0 Å². The Kier molecular flexibility index (Phi) is 6.02. The fraction of sp³-hybridized carbons (Fsp3) is 0.391. The number of hydrogen-bond donors (Lipinski definition) is 1. The van der Waals surface area contributed by atoms with Gasteiger partial charge in [-0.3, -0.25) is 9.59 Å². The first-order chi connectivity index (χ1) is 13.3. The molecule has 1 aliphatic heterocycles. The topological polar surface area (TPSA) is 66.8 Å². The number of ether oxygens (including phenoxy) is 1. The Labute approximate surface area is 165 Å². The third kappa shape index (κ3) is 4.71. The quantitative estimate of drug-likeness (QED) is 0.773. The van der Waals surface area contributed by atoms with Crippen molar-refractivity contribution < 1.29 is 19.4 Å². The van der Waals surface area contributed by atoms with E-state index in [-0.39, 0.29) is 12.3 Å². The van der Waals surface area contributed by atoms with Crippen LogP contribution in [0.3, 0.4) is 0 Å². The Balaban J connectivity index is 1.61. The second-order valence-electron chi connectivity index (χ2n) is 7.77. The molecule has 1 heterocycles. The molecule has 1 amide bonds. The molecule has 1 atom stereocenters. The first kappa shape index (κ1) is 19.9. The highest BCUT2D eigenvalue weighted by Crippen LogP contribution is 2.31. The van der Waals surface area contributed by atoms with Gasteiger partial charge in [0.15, 0.2) is 0 Å². The molecule has 2 aromatic rings. The second kappa shape index (κ2) is 8.46. The molecule has 1 aliphatic rings. The summed E-state index contributed by atoms with van der Waals surface area (Å²) in [6.07, 6.45) is 0.802. The molecule has 1 unspecified atom stereocenters. The van der Waals surface area contributed by atoms with Crippen LogP contribution in [0.2, 0.25) is 0 Å². The van der Waals surface area contributed by atoms with Crippen molar-refractivity contribution in [3.05, 3.63) is 59.2 Å². The number of aryl methyl sites for hydroxylation is 1. The molecule has 2 aromatic carbocycles. The number of nitrogens with zero attached hydrogens (tertiary/aromatic N) is 1. The van der Waals surface area contributed by atoms with Gasteiger partial charge >= 0.3 is 5.97 Å². The van der Waals surface area contributed by atoms with Crippen molar-refractivity contribution in [2.75, 3.05) is 13.1 Å². The number of carboxylic acids is 1. The molecule has 0 saturated carbocycles. The van der Waals surface area contributed by atoms with Crippen molar-refractivity contribution in [1.82, 2.24) is 4.90 Å². The third-order valence-corrected chi connectivity index (χ3v) is 5.18. The van der Waals surface area contributed by atoms with Crippen molar-refractivity contribution in [3.63, 3.8) is 0 Å². The Bertz CT molecular complexity index is 857. The van der Waals surface area contributed by atoms with Crippen LogP contribution < -0.4 is 4.74 Å². The molecule has 1 fully saturated rings. The Morgan fingerprint density at radius 2 is 1.93 bits per heavy atom. The van der Waals surface area contributed by atoms with Crippen LogP contribution in [0, 0.1) is 12.8 Å². The average molecular weight is 381 g/mol. The highest BCUT2D eigenvalue weighted by atomic mass is 16.5. The molecular weight excluding hydrogens is 354 g/mol. The number of carbonyl (C=O) groups is 2. The van der Waals surface area contributed by atoms with Gasteiger partial charge in [-0.15, -0.1) is 0 Å². The Morgan fingerprint density at radius 3 is 2.54 bits per heavy atom. The smallest absolute Gasteiger partial charge is 0.308 e. The van der Waals surface area contributed by atoms with Gasteiger partial charge in [-0.1, -0.05) is 38.1 Å². The van der Waals surface area contributed by atoms with Crippen molar-refractivity contribution in [2.45, 2.75) is 39.5 Å². The van der Waals surface area contributed by atoms with Crippen LogP contribution in [0.1, 0.15) is 42.9 Å². The first-order valence-corrected chi connectivity index (χ1v) is 9.71.